The van der Waals surface area contributed by atoms with Gasteiger partial charge in [-0.05, 0) is 116 Å². The summed E-state index contributed by atoms with van der Waals surface area (Å²) in [5.41, 5.74) is 6.09. The molecule has 0 aliphatic rings. The Hall–Kier alpha value is -4.00. The first-order valence-electron chi connectivity index (χ1n) is 22.4. The van der Waals surface area contributed by atoms with Gasteiger partial charge in [0.15, 0.2) is 0 Å². The monoisotopic (exact) mass is 843 g/mol. The van der Waals surface area contributed by atoms with Crippen molar-refractivity contribution >= 4 is 11.9 Å². The molecule has 3 N–H and O–H groups in total. The number of carbonyl (C=O) groups excluding carboxylic acids is 2. The number of hydrogen-bond acceptors (Lipinski definition) is 7. The van der Waals surface area contributed by atoms with Crippen molar-refractivity contribution in [2.75, 3.05) is 0 Å². The summed E-state index contributed by atoms with van der Waals surface area (Å²) in [4.78, 5) is 27.4. The van der Waals surface area contributed by atoms with E-state index >= 15 is 0 Å². The molecule has 0 fully saturated rings. The van der Waals surface area contributed by atoms with Gasteiger partial charge in [0.1, 0.15) is 29.5 Å². The van der Waals surface area contributed by atoms with Crippen LogP contribution in [0.2, 0.25) is 0 Å². The standard InChI is InChI=1S/C54H82O7/c1-32(60-44(55)23-21-34-26-38(49(3,4)5)46(57)39(27-34)50(6,7)8)37(25-36-30-42(53(15,16)17)48(59)43(31-36)54(18,19)20)33(2)61-45(56)24-22-35-28-40(51(9,10)11)47(58)41(29-35)52(12,13)14/h26-33,37,57-59H,21-25H2,1-20H3. The fourth-order valence-corrected chi connectivity index (χ4v) is 8.11. The Kier molecular flexibility index (Phi) is 15.5. The molecular weight excluding hydrogens is 761 g/mol. The zero-order valence-corrected chi connectivity index (χ0v) is 41.7. The van der Waals surface area contributed by atoms with E-state index in [4.69, 9.17) is 9.47 Å². The molecule has 0 spiro atoms. The first kappa shape index (κ1) is 51.4. The van der Waals surface area contributed by atoms with Gasteiger partial charge in [0.05, 0.1) is 0 Å². The van der Waals surface area contributed by atoms with Crippen molar-refractivity contribution in [3.05, 3.63) is 86.5 Å². The quantitative estimate of drug-likeness (QED) is 0.156. The number of aryl methyl sites for hydroxylation is 2. The van der Waals surface area contributed by atoms with Crippen molar-refractivity contribution in [1.82, 2.24) is 0 Å². The summed E-state index contributed by atoms with van der Waals surface area (Å²) in [7, 11) is 0. The molecule has 0 amide bonds. The Bertz CT molecular complexity index is 1820. The van der Waals surface area contributed by atoms with E-state index in [1.54, 1.807) is 0 Å². The fourth-order valence-electron chi connectivity index (χ4n) is 8.11. The number of hydrogen-bond donors (Lipinski definition) is 3. The van der Waals surface area contributed by atoms with Crippen molar-refractivity contribution < 1.29 is 34.4 Å². The highest BCUT2D eigenvalue weighted by molar-refractivity contribution is 5.71. The number of benzene rings is 3. The summed E-state index contributed by atoms with van der Waals surface area (Å²) in [6.45, 7) is 41.1. The van der Waals surface area contributed by atoms with Crippen LogP contribution in [0.15, 0.2) is 36.4 Å². The van der Waals surface area contributed by atoms with E-state index in [0.717, 1.165) is 50.1 Å². The first-order valence-corrected chi connectivity index (χ1v) is 22.4. The number of esters is 2. The molecule has 340 valence electrons. The second kappa shape index (κ2) is 18.4. The van der Waals surface area contributed by atoms with Gasteiger partial charge in [-0.2, -0.15) is 0 Å². The van der Waals surface area contributed by atoms with Gasteiger partial charge in [0, 0.05) is 18.8 Å². The van der Waals surface area contributed by atoms with Gasteiger partial charge in [0.25, 0.3) is 0 Å². The molecule has 0 radical (unpaired) electrons. The van der Waals surface area contributed by atoms with E-state index < -0.39 is 18.1 Å². The predicted octanol–water partition coefficient (Wildman–Crippen LogP) is 12.9. The number of phenols is 3. The zero-order chi connectivity index (χ0) is 47.0. The van der Waals surface area contributed by atoms with Gasteiger partial charge in [-0.3, -0.25) is 9.59 Å². The molecule has 0 bridgehead atoms. The van der Waals surface area contributed by atoms with Crippen molar-refractivity contribution in [1.29, 1.82) is 0 Å². The largest absolute Gasteiger partial charge is 0.507 e. The predicted molar refractivity (Wildman–Crippen MR) is 251 cm³/mol. The lowest BCUT2D eigenvalue weighted by Crippen LogP contribution is -2.36. The second-order valence-corrected chi connectivity index (χ2v) is 23.9. The van der Waals surface area contributed by atoms with Crippen LogP contribution in [0.1, 0.15) is 201 Å². The van der Waals surface area contributed by atoms with Crippen LogP contribution in [0.25, 0.3) is 0 Å². The molecule has 7 heteroatoms. The normalized spacial score (nSPS) is 14.7. The van der Waals surface area contributed by atoms with Crippen molar-refractivity contribution in [2.45, 2.75) is 215 Å². The van der Waals surface area contributed by atoms with Gasteiger partial charge in [-0.25, -0.2) is 0 Å². The number of rotatable bonds is 12. The Morgan fingerprint density at radius 1 is 0.426 bits per heavy atom. The van der Waals surface area contributed by atoms with Crippen LogP contribution >= 0.6 is 0 Å². The van der Waals surface area contributed by atoms with Crippen LogP contribution in [-0.4, -0.2) is 39.5 Å². The van der Waals surface area contributed by atoms with Crippen molar-refractivity contribution in [3.8, 4) is 17.2 Å². The summed E-state index contributed by atoms with van der Waals surface area (Å²) in [6, 6.07) is 12.1. The average molecular weight is 843 g/mol. The minimum Gasteiger partial charge on any atom is -0.507 e. The van der Waals surface area contributed by atoms with Gasteiger partial charge in [-0.1, -0.05) is 161 Å². The summed E-state index contributed by atoms with van der Waals surface area (Å²) in [5.74, 6) is -0.218. The van der Waals surface area contributed by atoms with E-state index in [9.17, 15) is 24.9 Å². The van der Waals surface area contributed by atoms with E-state index in [-0.39, 0.29) is 63.0 Å². The Labute approximate surface area is 370 Å². The smallest absolute Gasteiger partial charge is 0.306 e. The maximum atomic E-state index is 13.7. The van der Waals surface area contributed by atoms with Gasteiger partial charge < -0.3 is 24.8 Å². The molecule has 0 heterocycles. The molecule has 0 aliphatic heterocycles. The highest BCUT2D eigenvalue weighted by Crippen LogP contribution is 2.43. The van der Waals surface area contributed by atoms with E-state index in [2.05, 4.69) is 125 Å². The summed E-state index contributed by atoms with van der Waals surface area (Å²) >= 11 is 0. The molecule has 3 rings (SSSR count). The lowest BCUT2D eigenvalue weighted by Gasteiger charge is -2.32. The van der Waals surface area contributed by atoms with Crippen LogP contribution < -0.4 is 0 Å². The third-order valence-corrected chi connectivity index (χ3v) is 11.9. The van der Waals surface area contributed by atoms with Crippen molar-refractivity contribution in [3.63, 3.8) is 0 Å². The van der Waals surface area contributed by atoms with Gasteiger partial charge in [0.2, 0.25) is 0 Å². The van der Waals surface area contributed by atoms with Crippen LogP contribution in [0, 0.1) is 5.92 Å². The van der Waals surface area contributed by atoms with Gasteiger partial charge in [-0.15, -0.1) is 0 Å². The highest BCUT2D eigenvalue weighted by Gasteiger charge is 2.34. The third kappa shape index (κ3) is 13.5. The number of carbonyl (C=O) groups is 2. The zero-order valence-electron chi connectivity index (χ0n) is 41.7. The summed E-state index contributed by atoms with van der Waals surface area (Å²) in [6.07, 6.45) is 0.390. The topological polar surface area (TPSA) is 113 Å². The molecule has 0 aromatic heterocycles. The van der Waals surface area contributed by atoms with E-state index in [1.165, 1.54) is 0 Å². The van der Waals surface area contributed by atoms with Crippen molar-refractivity contribution in [2.24, 2.45) is 5.92 Å². The average Bonchev–Trinajstić information content (AvgIpc) is 3.06. The van der Waals surface area contributed by atoms with Crippen LogP contribution in [0.5, 0.6) is 17.2 Å². The van der Waals surface area contributed by atoms with E-state index in [0.29, 0.717) is 30.8 Å². The van der Waals surface area contributed by atoms with Crippen LogP contribution in [-0.2, 0) is 70.8 Å². The minimum absolute atomic E-state index is 0.143. The number of aromatic hydroxyl groups is 3. The summed E-state index contributed by atoms with van der Waals surface area (Å²) < 4.78 is 12.4. The molecule has 2 unspecified atom stereocenters. The fraction of sp³-hybridized carbons (Fsp3) is 0.630. The molecule has 3 aromatic rings. The molecule has 61 heavy (non-hydrogen) atoms. The Balaban J connectivity index is 1.97. The summed E-state index contributed by atoms with van der Waals surface area (Å²) in [5, 5.41) is 34.0. The second-order valence-electron chi connectivity index (χ2n) is 23.9. The SMILES string of the molecule is CC(OC(=O)CCc1cc(C(C)(C)C)c(O)c(C(C)(C)C)c1)C(Cc1cc(C(C)(C)C)c(O)c(C(C)(C)C)c1)C(C)OC(=O)CCc1cc(C(C)(C)C)c(O)c(C(C)(C)C)c1. The maximum absolute atomic E-state index is 13.7. The molecule has 7 nitrogen and oxygen atoms in total. The Morgan fingerprint density at radius 3 is 0.852 bits per heavy atom. The molecule has 0 saturated heterocycles. The van der Waals surface area contributed by atoms with E-state index in [1.807, 2.05) is 50.2 Å². The van der Waals surface area contributed by atoms with Crippen LogP contribution in [0.4, 0.5) is 0 Å². The third-order valence-electron chi connectivity index (χ3n) is 11.9. The number of phenolic OH excluding ortho intramolecular Hbond substituents is 3. The Morgan fingerprint density at radius 2 is 0.639 bits per heavy atom. The number of ether oxygens (including phenoxy) is 2. The molecule has 0 saturated carbocycles. The minimum atomic E-state index is -0.615. The molecule has 0 aliphatic carbocycles. The molecule has 2 atom stereocenters. The maximum Gasteiger partial charge on any atom is 0.306 e. The van der Waals surface area contributed by atoms with Crippen LogP contribution in [0.3, 0.4) is 0 Å². The molecular formula is C54H82O7. The molecule has 3 aromatic carbocycles. The van der Waals surface area contributed by atoms with Gasteiger partial charge >= 0.3 is 11.9 Å². The lowest BCUT2D eigenvalue weighted by atomic mass is 9.77. The first-order chi connectivity index (χ1) is 27.4. The highest BCUT2D eigenvalue weighted by atomic mass is 16.6. The lowest BCUT2D eigenvalue weighted by molar-refractivity contribution is -0.159.